The van der Waals surface area contributed by atoms with Gasteiger partial charge in [0.05, 0.1) is 0 Å². The van der Waals surface area contributed by atoms with Crippen molar-refractivity contribution < 1.29 is 14.7 Å². The molecule has 2 aliphatic rings. The fourth-order valence-electron chi connectivity index (χ4n) is 3.60. The van der Waals surface area contributed by atoms with E-state index in [-0.39, 0.29) is 11.4 Å². The van der Waals surface area contributed by atoms with E-state index < -0.39 is 11.4 Å². The summed E-state index contributed by atoms with van der Waals surface area (Å²) in [6.07, 6.45) is 5.51. The minimum absolute atomic E-state index is 0.0592. The number of carboxylic acids is 1. The van der Waals surface area contributed by atoms with Crippen LogP contribution >= 0.6 is 0 Å². The standard InChI is InChI=1S/C12H19NO3/c1-9(14)13-12-6-2-4-11(8-12,10(15)16)5-3-7-12/h2-8H2,1H3,(H,13,14)(H,15,16)/p-1. The van der Waals surface area contributed by atoms with Crippen LogP contribution in [0.1, 0.15) is 51.9 Å². The van der Waals surface area contributed by atoms with E-state index in [2.05, 4.69) is 5.32 Å². The molecule has 0 unspecified atom stereocenters. The fourth-order valence-corrected chi connectivity index (χ4v) is 3.60. The second-order valence-electron chi connectivity index (χ2n) is 5.41. The monoisotopic (exact) mass is 224 g/mol. The Kier molecular flexibility index (Phi) is 2.68. The zero-order valence-corrected chi connectivity index (χ0v) is 9.67. The molecule has 2 rings (SSSR count). The molecule has 2 aliphatic carbocycles. The third-order valence-electron chi connectivity index (χ3n) is 4.17. The van der Waals surface area contributed by atoms with Crippen LogP contribution in [0.15, 0.2) is 0 Å². The molecular weight excluding hydrogens is 206 g/mol. The molecule has 0 aromatic heterocycles. The molecular formula is C12H18NO3-. The molecule has 0 aliphatic heterocycles. The summed E-state index contributed by atoms with van der Waals surface area (Å²) in [5.74, 6) is -0.988. The zero-order chi connectivity index (χ0) is 11.8. The van der Waals surface area contributed by atoms with Crippen LogP contribution < -0.4 is 10.4 Å². The molecule has 4 heteroatoms. The summed E-state index contributed by atoms with van der Waals surface area (Å²) in [5, 5.41) is 14.3. The van der Waals surface area contributed by atoms with Gasteiger partial charge in [0.15, 0.2) is 0 Å². The molecule has 0 spiro atoms. The van der Waals surface area contributed by atoms with Crippen LogP contribution in [0.3, 0.4) is 0 Å². The van der Waals surface area contributed by atoms with Gasteiger partial charge in [-0.3, -0.25) is 4.79 Å². The van der Waals surface area contributed by atoms with Gasteiger partial charge in [-0.05, 0) is 32.1 Å². The van der Waals surface area contributed by atoms with Crippen molar-refractivity contribution in [3.8, 4) is 0 Å². The van der Waals surface area contributed by atoms with Crippen LogP contribution in [0.5, 0.6) is 0 Å². The maximum atomic E-state index is 11.3. The number of hydrogen-bond donors (Lipinski definition) is 1. The average Bonchev–Trinajstić information content (AvgIpc) is 2.15. The fraction of sp³-hybridized carbons (Fsp3) is 0.833. The minimum Gasteiger partial charge on any atom is -0.550 e. The summed E-state index contributed by atoms with van der Waals surface area (Å²) in [4.78, 5) is 22.5. The Labute approximate surface area is 95.4 Å². The number of carbonyl (C=O) groups excluding carboxylic acids is 2. The lowest BCUT2D eigenvalue weighted by molar-refractivity contribution is -0.323. The molecule has 0 aromatic carbocycles. The molecule has 0 radical (unpaired) electrons. The van der Waals surface area contributed by atoms with Crippen molar-refractivity contribution in [2.24, 2.45) is 5.41 Å². The first-order valence-electron chi connectivity index (χ1n) is 5.98. The van der Waals surface area contributed by atoms with Gasteiger partial charge >= 0.3 is 0 Å². The van der Waals surface area contributed by atoms with Crippen molar-refractivity contribution in [2.75, 3.05) is 0 Å². The first kappa shape index (κ1) is 11.4. The van der Waals surface area contributed by atoms with Crippen LogP contribution in [0.4, 0.5) is 0 Å². The van der Waals surface area contributed by atoms with Gasteiger partial charge in [-0.25, -0.2) is 0 Å². The molecule has 2 saturated carbocycles. The van der Waals surface area contributed by atoms with Crippen molar-refractivity contribution in [3.05, 3.63) is 0 Å². The highest BCUT2D eigenvalue weighted by Gasteiger charge is 2.48. The summed E-state index contributed by atoms with van der Waals surface area (Å²) in [6.45, 7) is 1.50. The molecule has 16 heavy (non-hydrogen) atoms. The topological polar surface area (TPSA) is 69.2 Å². The van der Waals surface area contributed by atoms with E-state index in [9.17, 15) is 14.7 Å². The van der Waals surface area contributed by atoms with E-state index in [0.717, 1.165) is 25.7 Å². The highest BCUT2D eigenvalue weighted by Crippen LogP contribution is 2.50. The molecule has 1 N–H and O–H groups in total. The van der Waals surface area contributed by atoms with Gasteiger partial charge in [0.1, 0.15) is 0 Å². The number of hydrogen-bond acceptors (Lipinski definition) is 3. The van der Waals surface area contributed by atoms with Gasteiger partial charge in [-0.2, -0.15) is 0 Å². The first-order chi connectivity index (χ1) is 7.48. The normalized spacial score (nSPS) is 37.8. The molecule has 1 amide bonds. The number of carboxylic acid groups (broad SMARTS) is 1. The quantitative estimate of drug-likeness (QED) is 0.736. The molecule has 2 bridgehead atoms. The highest BCUT2D eigenvalue weighted by molar-refractivity contribution is 5.76. The third kappa shape index (κ3) is 1.81. The molecule has 0 atom stereocenters. The number of nitrogens with one attached hydrogen (secondary N) is 1. The Hall–Kier alpha value is -1.06. The minimum atomic E-state index is -0.929. The van der Waals surface area contributed by atoms with Crippen molar-refractivity contribution in [3.63, 3.8) is 0 Å². The Morgan fingerprint density at radius 2 is 1.69 bits per heavy atom. The van der Waals surface area contributed by atoms with E-state index in [0.29, 0.717) is 19.3 Å². The van der Waals surface area contributed by atoms with Crippen molar-refractivity contribution in [1.29, 1.82) is 0 Å². The van der Waals surface area contributed by atoms with E-state index in [4.69, 9.17) is 0 Å². The molecule has 0 heterocycles. The lowest BCUT2D eigenvalue weighted by Gasteiger charge is -2.53. The Morgan fingerprint density at radius 1 is 1.12 bits per heavy atom. The molecule has 2 fully saturated rings. The maximum Gasteiger partial charge on any atom is 0.217 e. The number of aliphatic carboxylic acids is 1. The van der Waals surface area contributed by atoms with Crippen LogP contribution in [0.25, 0.3) is 0 Å². The summed E-state index contributed by atoms with van der Waals surface area (Å²) < 4.78 is 0. The number of rotatable bonds is 2. The van der Waals surface area contributed by atoms with Gasteiger partial charge in [-0.15, -0.1) is 0 Å². The van der Waals surface area contributed by atoms with Crippen LogP contribution in [-0.2, 0) is 9.59 Å². The summed E-state index contributed by atoms with van der Waals surface area (Å²) >= 11 is 0. The van der Waals surface area contributed by atoms with Gasteiger partial charge < -0.3 is 15.2 Å². The van der Waals surface area contributed by atoms with E-state index in [1.165, 1.54) is 6.92 Å². The molecule has 90 valence electrons. The van der Waals surface area contributed by atoms with Gasteiger partial charge in [0, 0.05) is 23.8 Å². The van der Waals surface area contributed by atoms with Crippen molar-refractivity contribution >= 4 is 11.9 Å². The summed E-state index contributed by atoms with van der Waals surface area (Å²) in [7, 11) is 0. The smallest absolute Gasteiger partial charge is 0.217 e. The van der Waals surface area contributed by atoms with Crippen molar-refractivity contribution in [1.82, 2.24) is 5.32 Å². The van der Waals surface area contributed by atoms with E-state index >= 15 is 0 Å². The van der Waals surface area contributed by atoms with Crippen molar-refractivity contribution in [2.45, 2.75) is 57.4 Å². The van der Waals surface area contributed by atoms with Gasteiger partial charge in [0.2, 0.25) is 5.91 Å². The van der Waals surface area contributed by atoms with Crippen LogP contribution in [0.2, 0.25) is 0 Å². The predicted octanol–water partition coefficient (Wildman–Crippen LogP) is 0.355. The van der Waals surface area contributed by atoms with E-state index in [1.807, 2.05) is 0 Å². The van der Waals surface area contributed by atoms with E-state index in [1.54, 1.807) is 0 Å². The van der Waals surface area contributed by atoms with Gasteiger partial charge in [-0.1, -0.05) is 12.8 Å². The van der Waals surface area contributed by atoms with Gasteiger partial charge in [0.25, 0.3) is 0 Å². The lowest BCUT2D eigenvalue weighted by atomic mass is 9.58. The SMILES string of the molecule is CC(=O)NC12CCCC(C(=O)[O-])(CCC1)C2. The van der Waals surface area contributed by atoms with Crippen LogP contribution in [0, 0.1) is 5.41 Å². The Bertz CT molecular complexity index is 314. The first-order valence-corrected chi connectivity index (χ1v) is 5.98. The number of amides is 1. The largest absolute Gasteiger partial charge is 0.550 e. The number of fused-ring (bicyclic) bond motifs is 2. The lowest BCUT2D eigenvalue weighted by Crippen LogP contribution is -2.59. The average molecular weight is 224 g/mol. The van der Waals surface area contributed by atoms with Crippen LogP contribution in [-0.4, -0.2) is 17.4 Å². The Morgan fingerprint density at radius 3 is 2.12 bits per heavy atom. The maximum absolute atomic E-state index is 11.3. The third-order valence-corrected chi connectivity index (χ3v) is 4.17. The zero-order valence-electron chi connectivity index (χ0n) is 9.67. The second-order valence-corrected chi connectivity index (χ2v) is 5.41. The Balaban J connectivity index is 2.22. The second kappa shape index (κ2) is 3.75. The summed E-state index contributed by atoms with van der Waals surface area (Å²) in [5.41, 5.74) is -0.957. The predicted molar refractivity (Wildman–Crippen MR) is 56.3 cm³/mol. The number of carbonyl (C=O) groups is 2. The molecule has 0 saturated heterocycles. The molecule has 0 aromatic rings. The summed E-state index contributed by atoms with van der Waals surface area (Å²) in [6, 6.07) is 0. The highest BCUT2D eigenvalue weighted by atomic mass is 16.4. The molecule has 4 nitrogen and oxygen atoms in total.